The zero-order chi connectivity index (χ0) is 23.2. The number of piperidine rings is 1. The number of aryl methyl sites for hydroxylation is 1. The Kier molecular flexibility index (Phi) is 7.14. The number of rotatable bonds is 7. The van der Waals surface area contributed by atoms with Gasteiger partial charge in [0.05, 0.1) is 22.8 Å². The average Bonchev–Trinajstić information content (AvgIpc) is 3.12. The molecule has 1 fully saturated rings. The van der Waals surface area contributed by atoms with Crippen LogP contribution in [0.3, 0.4) is 0 Å². The number of hydrogen-bond acceptors (Lipinski definition) is 5. The fourth-order valence-electron chi connectivity index (χ4n) is 4.19. The van der Waals surface area contributed by atoms with Crippen molar-refractivity contribution >= 4 is 23.3 Å². The molecule has 1 saturated heterocycles. The van der Waals surface area contributed by atoms with Gasteiger partial charge in [-0.15, -0.1) is 0 Å². The molecule has 172 valence electrons. The van der Waals surface area contributed by atoms with E-state index in [-0.39, 0.29) is 17.7 Å². The van der Waals surface area contributed by atoms with Crippen LogP contribution >= 0.6 is 0 Å². The molecule has 2 amide bonds. The average molecular weight is 447 g/mol. The molecule has 2 N–H and O–H groups in total. The van der Waals surface area contributed by atoms with Crippen molar-refractivity contribution in [2.24, 2.45) is 5.92 Å². The van der Waals surface area contributed by atoms with Crippen LogP contribution < -0.4 is 10.6 Å². The molecule has 0 aliphatic carbocycles. The van der Waals surface area contributed by atoms with Gasteiger partial charge >= 0.3 is 0 Å². The highest BCUT2D eigenvalue weighted by Crippen LogP contribution is 2.23. The van der Waals surface area contributed by atoms with E-state index in [4.69, 9.17) is 0 Å². The number of nitrogens with one attached hydrogen (secondary N) is 2. The zero-order valence-corrected chi connectivity index (χ0v) is 19.1. The molecule has 0 spiro atoms. The van der Waals surface area contributed by atoms with Crippen molar-refractivity contribution in [3.05, 3.63) is 66.1 Å². The molecule has 1 aromatic carbocycles. The number of aromatic nitrogens is 3. The molecule has 33 heavy (non-hydrogen) atoms. The summed E-state index contributed by atoms with van der Waals surface area (Å²) in [4.78, 5) is 31.5. The van der Waals surface area contributed by atoms with Crippen LogP contribution in [0.15, 0.2) is 54.7 Å². The van der Waals surface area contributed by atoms with Crippen LogP contribution in [-0.2, 0) is 9.59 Å². The first kappa shape index (κ1) is 22.7. The molecule has 0 atom stereocenters. The molecule has 0 unspecified atom stereocenters. The summed E-state index contributed by atoms with van der Waals surface area (Å²) >= 11 is 0. The predicted octanol–water partition coefficient (Wildman–Crippen LogP) is 3.56. The standard InChI is InChI=1S/C25H30N6O2/c1-18-24(19(2)31(29-18)21-8-4-3-5-9-21)28-23(32)13-17-30-15-11-20(12-16-30)25(33)27-22-10-6-7-14-26-22/h3-10,14,20H,11-13,15-17H2,1-2H3,(H,28,32)(H,26,27,33). The van der Waals surface area contributed by atoms with Gasteiger partial charge in [-0.25, -0.2) is 9.67 Å². The molecule has 0 saturated carbocycles. The van der Waals surface area contributed by atoms with Crippen LogP contribution in [0.1, 0.15) is 30.7 Å². The van der Waals surface area contributed by atoms with Gasteiger partial charge in [0.15, 0.2) is 0 Å². The summed E-state index contributed by atoms with van der Waals surface area (Å²) < 4.78 is 1.85. The fraction of sp³-hybridized carbons (Fsp3) is 0.360. The maximum absolute atomic E-state index is 12.6. The van der Waals surface area contributed by atoms with Crippen LogP contribution in [0.25, 0.3) is 5.69 Å². The fourth-order valence-corrected chi connectivity index (χ4v) is 4.19. The van der Waals surface area contributed by atoms with Crippen LogP contribution in [-0.4, -0.2) is 51.1 Å². The number of hydrogen-bond donors (Lipinski definition) is 2. The van der Waals surface area contributed by atoms with E-state index in [9.17, 15) is 9.59 Å². The molecule has 8 nitrogen and oxygen atoms in total. The monoisotopic (exact) mass is 446 g/mol. The van der Waals surface area contributed by atoms with E-state index in [2.05, 4.69) is 25.6 Å². The van der Waals surface area contributed by atoms with Crippen molar-refractivity contribution in [1.82, 2.24) is 19.7 Å². The summed E-state index contributed by atoms with van der Waals surface area (Å²) in [6.45, 7) is 6.15. The summed E-state index contributed by atoms with van der Waals surface area (Å²) in [5.41, 5.74) is 3.44. The normalized spacial score (nSPS) is 14.7. The highest BCUT2D eigenvalue weighted by Gasteiger charge is 2.25. The molecule has 4 rings (SSSR count). The van der Waals surface area contributed by atoms with Crippen LogP contribution in [0.5, 0.6) is 0 Å². The first-order valence-corrected chi connectivity index (χ1v) is 11.4. The molecule has 8 heteroatoms. The van der Waals surface area contributed by atoms with Crippen molar-refractivity contribution in [2.75, 3.05) is 30.3 Å². The number of carbonyl (C=O) groups excluding carboxylic acids is 2. The number of anilines is 2. The number of para-hydroxylation sites is 1. The molecule has 0 bridgehead atoms. The van der Waals surface area contributed by atoms with Gasteiger partial charge in [-0.1, -0.05) is 24.3 Å². The van der Waals surface area contributed by atoms with Crippen LogP contribution in [0, 0.1) is 19.8 Å². The van der Waals surface area contributed by atoms with Gasteiger partial charge < -0.3 is 15.5 Å². The third-order valence-electron chi connectivity index (χ3n) is 6.09. The Hall–Kier alpha value is -3.52. The lowest BCUT2D eigenvalue weighted by molar-refractivity contribution is -0.121. The van der Waals surface area contributed by atoms with E-state index in [1.807, 2.05) is 61.0 Å². The number of benzene rings is 1. The lowest BCUT2D eigenvalue weighted by atomic mass is 9.96. The van der Waals surface area contributed by atoms with Gasteiger partial charge in [0.2, 0.25) is 11.8 Å². The van der Waals surface area contributed by atoms with Gasteiger partial charge in [0.25, 0.3) is 0 Å². The minimum absolute atomic E-state index is 0.0208. The van der Waals surface area contributed by atoms with Gasteiger partial charge in [-0.2, -0.15) is 5.10 Å². The Balaban J connectivity index is 1.24. The Labute approximate surface area is 194 Å². The largest absolute Gasteiger partial charge is 0.323 e. The van der Waals surface area contributed by atoms with Gasteiger partial charge in [-0.05, 0) is 64.0 Å². The topological polar surface area (TPSA) is 92.2 Å². The number of likely N-dealkylation sites (tertiary alicyclic amines) is 1. The second-order valence-electron chi connectivity index (χ2n) is 8.41. The third kappa shape index (κ3) is 5.64. The third-order valence-corrected chi connectivity index (χ3v) is 6.09. The summed E-state index contributed by atoms with van der Waals surface area (Å²) in [5, 5.41) is 10.5. The van der Waals surface area contributed by atoms with Crippen LogP contribution in [0.2, 0.25) is 0 Å². The molecule has 3 aromatic rings. The van der Waals surface area contributed by atoms with Crippen molar-refractivity contribution in [2.45, 2.75) is 33.1 Å². The number of amides is 2. The lowest BCUT2D eigenvalue weighted by Crippen LogP contribution is -2.39. The minimum atomic E-state index is -0.0242. The van der Waals surface area contributed by atoms with E-state index in [1.165, 1.54) is 0 Å². The Morgan fingerprint density at radius 1 is 1.00 bits per heavy atom. The highest BCUT2D eigenvalue weighted by atomic mass is 16.2. The molecular weight excluding hydrogens is 416 g/mol. The lowest BCUT2D eigenvalue weighted by Gasteiger charge is -2.31. The maximum Gasteiger partial charge on any atom is 0.228 e. The number of pyridine rings is 1. The molecular formula is C25H30N6O2. The first-order valence-electron chi connectivity index (χ1n) is 11.4. The summed E-state index contributed by atoms with van der Waals surface area (Å²) in [6, 6.07) is 15.3. The highest BCUT2D eigenvalue weighted by molar-refractivity contribution is 5.92. The second-order valence-corrected chi connectivity index (χ2v) is 8.41. The Morgan fingerprint density at radius 3 is 2.42 bits per heavy atom. The summed E-state index contributed by atoms with van der Waals surface area (Å²) in [5.74, 6) is 0.560. The molecule has 3 heterocycles. The van der Waals surface area contributed by atoms with E-state index in [0.29, 0.717) is 18.8 Å². The van der Waals surface area contributed by atoms with Crippen molar-refractivity contribution < 1.29 is 9.59 Å². The molecule has 2 aromatic heterocycles. The van der Waals surface area contributed by atoms with E-state index < -0.39 is 0 Å². The smallest absolute Gasteiger partial charge is 0.228 e. The summed E-state index contributed by atoms with van der Waals surface area (Å²) in [7, 11) is 0. The Morgan fingerprint density at radius 2 is 1.73 bits per heavy atom. The summed E-state index contributed by atoms with van der Waals surface area (Å²) in [6.07, 6.45) is 3.63. The van der Waals surface area contributed by atoms with Gasteiger partial charge in [0, 0.05) is 25.1 Å². The van der Waals surface area contributed by atoms with Gasteiger partial charge in [0.1, 0.15) is 5.82 Å². The van der Waals surface area contributed by atoms with Gasteiger partial charge in [-0.3, -0.25) is 9.59 Å². The van der Waals surface area contributed by atoms with Crippen molar-refractivity contribution in [3.63, 3.8) is 0 Å². The second kappa shape index (κ2) is 10.4. The Bertz CT molecular complexity index is 1090. The predicted molar refractivity (Wildman–Crippen MR) is 128 cm³/mol. The SMILES string of the molecule is Cc1nn(-c2ccccc2)c(C)c1NC(=O)CCN1CCC(C(=O)Nc2ccccn2)CC1. The number of nitrogens with zero attached hydrogens (tertiary/aromatic N) is 4. The van der Waals surface area contributed by atoms with E-state index >= 15 is 0 Å². The van der Waals surface area contributed by atoms with Crippen molar-refractivity contribution in [3.8, 4) is 5.69 Å². The first-order chi connectivity index (χ1) is 16.0. The van der Waals surface area contributed by atoms with Crippen molar-refractivity contribution in [1.29, 1.82) is 0 Å². The quantitative estimate of drug-likeness (QED) is 0.579. The van der Waals surface area contributed by atoms with Crippen LogP contribution in [0.4, 0.5) is 11.5 Å². The maximum atomic E-state index is 12.6. The molecule has 0 radical (unpaired) electrons. The van der Waals surface area contributed by atoms with E-state index in [1.54, 1.807) is 12.3 Å². The minimum Gasteiger partial charge on any atom is -0.323 e. The number of carbonyl (C=O) groups is 2. The molecule has 1 aliphatic heterocycles. The molecule has 1 aliphatic rings. The van der Waals surface area contributed by atoms with E-state index in [0.717, 1.165) is 48.7 Å². The zero-order valence-electron chi connectivity index (χ0n) is 19.1.